The van der Waals surface area contributed by atoms with E-state index in [1.54, 1.807) is 29.3 Å². The van der Waals surface area contributed by atoms with Gasteiger partial charge in [-0.3, -0.25) is 19.4 Å². The fraction of sp³-hybridized carbons (Fsp3) is 0.375. The molecule has 1 aliphatic heterocycles. The van der Waals surface area contributed by atoms with Crippen LogP contribution in [-0.2, 0) is 16.6 Å². The van der Waals surface area contributed by atoms with Crippen LogP contribution in [-0.4, -0.2) is 64.4 Å². The van der Waals surface area contributed by atoms with Crippen molar-refractivity contribution in [3.05, 3.63) is 89.2 Å². The maximum Gasteiger partial charge on any atom is 0.416 e. The van der Waals surface area contributed by atoms with Gasteiger partial charge in [0.25, 0.3) is 5.91 Å². The zero-order valence-electron chi connectivity index (χ0n) is 23.9. The Bertz CT molecular complexity index is 1520. The van der Waals surface area contributed by atoms with Gasteiger partial charge in [0.1, 0.15) is 5.60 Å². The van der Waals surface area contributed by atoms with Gasteiger partial charge in [-0.05, 0) is 74.1 Å². The van der Waals surface area contributed by atoms with E-state index in [0.29, 0.717) is 37.2 Å². The van der Waals surface area contributed by atoms with Crippen LogP contribution in [0.5, 0.6) is 0 Å². The number of primary amides is 1. The number of carbonyl (C=O) groups is 3. The minimum atomic E-state index is -4.56. The van der Waals surface area contributed by atoms with E-state index in [9.17, 15) is 32.7 Å². The Kier molecular flexibility index (Phi) is 9.02. The maximum absolute atomic E-state index is 12.9. The summed E-state index contributed by atoms with van der Waals surface area (Å²) in [7, 11) is 0. The predicted molar refractivity (Wildman–Crippen MR) is 156 cm³/mol. The second-order valence-electron chi connectivity index (χ2n) is 11.4. The molecular formula is C32H34F3N5O4. The number of nitrogens with one attached hydrogen (secondary N) is 2. The highest BCUT2D eigenvalue weighted by atomic mass is 19.4. The lowest BCUT2D eigenvalue weighted by Crippen LogP contribution is -2.46. The first-order valence-corrected chi connectivity index (χ1v) is 14.5. The van der Waals surface area contributed by atoms with Crippen LogP contribution in [0.2, 0.25) is 0 Å². The monoisotopic (exact) mass is 609 g/mol. The first kappa shape index (κ1) is 31.1. The Hall–Kier alpha value is -4.29. The number of hydrogen-bond donors (Lipinski definition) is 4. The number of alkyl halides is 3. The summed E-state index contributed by atoms with van der Waals surface area (Å²) < 4.78 is 38.8. The Balaban J connectivity index is 1.08. The zero-order valence-corrected chi connectivity index (χ0v) is 23.9. The lowest BCUT2D eigenvalue weighted by atomic mass is 9.79. The van der Waals surface area contributed by atoms with Gasteiger partial charge >= 0.3 is 6.18 Å². The molecule has 0 radical (unpaired) electrons. The van der Waals surface area contributed by atoms with Gasteiger partial charge in [0.05, 0.1) is 17.8 Å². The normalized spacial score (nSPS) is 22.0. The quantitative estimate of drug-likeness (QED) is 0.308. The molecule has 0 spiro atoms. The minimum Gasteiger partial charge on any atom is -0.384 e. The van der Waals surface area contributed by atoms with Crippen molar-refractivity contribution in [2.75, 3.05) is 19.6 Å². The smallest absolute Gasteiger partial charge is 0.384 e. The van der Waals surface area contributed by atoms with Crippen LogP contribution in [0.4, 0.5) is 13.2 Å². The lowest BCUT2D eigenvalue weighted by Gasteiger charge is -2.37. The molecule has 2 fully saturated rings. The Morgan fingerprint density at radius 2 is 1.68 bits per heavy atom. The number of pyridine rings is 1. The largest absolute Gasteiger partial charge is 0.416 e. The molecular weight excluding hydrogens is 575 g/mol. The average molecular weight is 610 g/mol. The number of hydrogen-bond acceptors (Lipinski definition) is 6. The molecule has 1 saturated heterocycles. The number of halogens is 3. The standard InChI is InChI=1S/C32H34F3N5O4/c33-32(34,35)24-6-2-5-22(16-24)30(43)38-18-28(41)40-14-11-26(19-40)39-25-9-12-31(44,13-10-25)27-8-7-23(17-37-27)20-3-1-4-21(15-20)29(36)42/h1-8,15-17,25-26,39,44H,9-14,18-19H2,(H2,36,42)(H,38,43)/t25?,26-,31?/m0/s1. The van der Waals surface area contributed by atoms with Gasteiger partial charge in [0.2, 0.25) is 11.8 Å². The van der Waals surface area contributed by atoms with Crippen molar-refractivity contribution in [1.82, 2.24) is 20.5 Å². The number of aromatic nitrogens is 1. The highest BCUT2D eigenvalue weighted by molar-refractivity contribution is 5.96. The van der Waals surface area contributed by atoms with E-state index in [1.165, 1.54) is 6.07 Å². The third kappa shape index (κ3) is 7.25. The summed E-state index contributed by atoms with van der Waals surface area (Å²) in [5, 5.41) is 17.4. The summed E-state index contributed by atoms with van der Waals surface area (Å²) >= 11 is 0. The summed E-state index contributed by atoms with van der Waals surface area (Å²) in [5.41, 5.74) is 5.87. The van der Waals surface area contributed by atoms with E-state index < -0.39 is 29.2 Å². The van der Waals surface area contributed by atoms with Gasteiger partial charge in [0.15, 0.2) is 0 Å². The molecule has 0 bridgehead atoms. The summed E-state index contributed by atoms with van der Waals surface area (Å²) in [6.07, 6.45) is 0.330. The number of rotatable bonds is 8. The van der Waals surface area contributed by atoms with Gasteiger partial charge in [-0.15, -0.1) is 0 Å². The van der Waals surface area contributed by atoms with Crippen molar-refractivity contribution >= 4 is 17.7 Å². The molecule has 1 aliphatic carbocycles. The number of nitrogens with two attached hydrogens (primary N) is 1. The molecule has 5 rings (SSSR count). The molecule has 1 atom stereocenters. The predicted octanol–water partition coefficient (Wildman–Crippen LogP) is 3.62. The first-order valence-electron chi connectivity index (χ1n) is 14.5. The van der Waals surface area contributed by atoms with Crippen molar-refractivity contribution in [3.63, 3.8) is 0 Å². The third-order valence-corrected chi connectivity index (χ3v) is 8.40. The van der Waals surface area contributed by atoms with E-state index in [-0.39, 0.29) is 30.1 Å². The van der Waals surface area contributed by atoms with E-state index in [4.69, 9.17) is 5.73 Å². The Labute approximate surface area is 252 Å². The van der Waals surface area contributed by atoms with Crippen molar-refractivity contribution < 1.29 is 32.7 Å². The second kappa shape index (κ2) is 12.7. The summed E-state index contributed by atoms with van der Waals surface area (Å²) in [5.74, 6) is -1.55. The molecule has 2 heterocycles. The van der Waals surface area contributed by atoms with Crippen molar-refractivity contribution in [2.45, 2.75) is 56.0 Å². The molecule has 2 aliphatic rings. The van der Waals surface area contributed by atoms with E-state index in [1.807, 2.05) is 18.2 Å². The second-order valence-corrected chi connectivity index (χ2v) is 11.4. The molecule has 5 N–H and O–H groups in total. The Morgan fingerprint density at radius 1 is 0.955 bits per heavy atom. The molecule has 0 unspecified atom stereocenters. The molecule has 9 nitrogen and oxygen atoms in total. The summed E-state index contributed by atoms with van der Waals surface area (Å²) in [6.45, 7) is 0.658. The van der Waals surface area contributed by atoms with E-state index in [2.05, 4.69) is 15.6 Å². The van der Waals surface area contributed by atoms with Gasteiger partial charge < -0.3 is 26.4 Å². The van der Waals surface area contributed by atoms with Crippen LogP contribution >= 0.6 is 0 Å². The van der Waals surface area contributed by atoms with Crippen LogP contribution in [0, 0.1) is 0 Å². The first-order chi connectivity index (χ1) is 20.9. The number of nitrogens with zero attached hydrogens (tertiary/aromatic N) is 2. The van der Waals surface area contributed by atoms with Gasteiger partial charge in [0, 0.05) is 48.1 Å². The topological polar surface area (TPSA) is 138 Å². The fourth-order valence-electron chi connectivity index (χ4n) is 5.87. The molecule has 232 valence electrons. The van der Waals surface area contributed by atoms with E-state index in [0.717, 1.165) is 48.6 Å². The highest BCUT2D eigenvalue weighted by Gasteiger charge is 2.37. The molecule has 3 amide bonds. The van der Waals surface area contributed by atoms with Crippen LogP contribution in [0.1, 0.15) is 64.1 Å². The zero-order chi connectivity index (χ0) is 31.5. The molecule has 1 aromatic heterocycles. The van der Waals surface area contributed by atoms with E-state index >= 15 is 0 Å². The number of amides is 3. The van der Waals surface area contributed by atoms with Crippen molar-refractivity contribution in [1.29, 1.82) is 0 Å². The van der Waals surface area contributed by atoms with Gasteiger partial charge in [-0.2, -0.15) is 13.2 Å². The van der Waals surface area contributed by atoms with Crippen molar-refractivity contribution in [2.24, 2.45) is 5.73 Å². The van der Waals surface area contributed by atoms with Crippen LogP contribution in [0.15, 0.2) is 66.9 Å². The lowest BCUT2D eigenvalue weighted by molar-refractivity contribution is -0.137. The number of benzene rings is 2. The van der Waals surface area contributed by atoms with Crippen LogP contribution in [0.25, 0.3) is 11.1 Å². The number of carbonyl (C=O) groups excluding carboxylic acids is 3. The van der Waals surface area contributed by atoms with Gasteiger partial charge in [-0.25, -0.2) is 0 Å². The van der Waals surface area contributed by atoms with Crippen molar-refractivity contribution in [3.8, 4) is 11.1 Å². The SMILES string of the molecule is NC(=O)c1cccc(-c2ccc(C3(O)CCC(N[C@H]4CCN(C(=O)CNC(=O)c5cccc(C(F)(F)F)c5)C4)CC3)nc2)c1. The molecule has 12 heteroatoms. The summed E-state index contributed by atoms with van der Waals surface area (Å²) in [4.78, 5) is 42.7. The van der Waals surface area contributed by atoms with Gasteiger partial charge in [-0.1, -0.05) is 24.3 Å². The fourth-order valence-corrected chi connectivity index (χ4v) is 5.87. The van der Waals surface area contributed by atoms with Crippen LogP contribution in [0.3, 0.4) is 0 Å². The third-order valence-electron chi connectivity index (χ3n) is 8.40. The molecule has 1 saturated carbocycles. The molecule has 2 aromatic carbocycles. The molecule has 44 heavy (non-hydrogen) atoms. The average Bonchev–Trinajstić information content (AvgIpc) is 3.49. The number of likely N-dealkylation sites (tertiary alicyclic amines) is 1. The summed E-state index contributed by atoms with van der Waals surface area (Å²) in [6, 6.07) is 15.0. The Morgan fingerprint density at radius 3 is 2.36 bits per heavy atom. The number of aliphatic hydroxyl groups is 1. The van der Waals surface area contributed by atoms with Crippen LogP contribution < -0.4 is 16.4 Å². The maximum atomic E-state index is 12.9. The molecule has 3 aromatic rings. The highest BCUT2D eigenvalue weighted by Crippen LogP contribution is 2.37. The minimum absolute atomic E-state index is 0.0582.